The molecule has 0 aliphatic rings. The summed E-state index contributed by atoms with van der Waals surface area (Å²) < 4.78 is 5.70. The summed E-state index contributed by atoms with van der Waals surface area (Å²) in [5, 5.41) is 0. The molecule has 3 nitrogen and oxygen atoms in total. The van der Waals surface area contributed by atoms with E-state index in [-0.39, 0.29) is 5.78 Å². The Morgan fingerprint density at radius 1 is 1.50 bits per heavy atom. The Labute approximate surface area is 90.2 Å². The van der Waals surface area contributed by atoms with Crippen LogP contribution in [-0.2, 0) is 0 Å². The van der Waals surface area contributed by atoms with E-state index in [1.165, 1.54) is 14.0 Å². The van der Waals surface area contributed by atoms with Crippen LogP contribution >= 0.6 is 15.9 Å². The zero-order chi connectivity index (χ0) is 10.7. The van der Waals surface area contributed by atoms with Crippen molar-refractivity contribution in [2.75, 3.05) is 7.11 Å². The first-order chi connectivity index (χ1) is 6.60. The van der Waals surface area contributed by atoms with E-state index in [1.807, 2.05) is 0 Å². The van der Waals surface area contributed by atoms with Crippen LogP contribution in [0.5, 0.6) is 5.75 Å². The largest absolute Gasteiger partial charge is 0.495 e. The minimum Gasteiger partial charge on any atom is -0.495 e. The van der Waals surface area contributed by atoms with Crippen LogP contribution in [0.1, 0.15) is 27.6 Å². The van der Waals surface area contributed by atoms with Crippen LogP contribution in [0.2, 0.25) is 0 Å². The van der Waals surface area contributed by atoms with Gasteiger partial charge < -0.3 is 4.74 Å². The first-order valence-electron chi connectivity index (χ1n) is 3.93. The second-order valence-electron chi connectivity index (χ2n) is 2.75. The molecular formula is C10H9BrO3. The third-order valence-corrected chi connectivity index (χ3v) is 2.25. The van der Waals surface area contributed by atoms with Gasteiger partial charge in [-0.1, -0.05) is 15.9 Å². The normalized spacial score (nSPS) is 9.64. The maximum atomic E-state index is 11.2. The van der Waals surface area contributed by atoms with Crippen molar-refractivity contribution >= 4 is 28.0 Å². The van der Waals surface area contributed by atoms with Crippen molar-refractivity contribution in [3.05, 3.63) is 27.7 Å². The molecule has 0 aromatic heterocycles. The van der Waals surface area contributed by atoms with Crippen LogP contribution in [0.3, 0.4) is 0 Å². The van der Waals surface area contributed by atoms with Crippen molar-refractivity contribution < 1.29 is 14.3 Å². The highest BCUT2D eigenvalue weighted by Crippen LogP contribution is 2.27. The summed E-state index contributed by atoms with van der Waals surface area (Å²) in [7, 11) is 1.43. The van der Waals surface area contributed by atoms with Gasteiger partial charge >= 0.3 is 0 Å². The lowest BCUT2D eigenvalue weighted by Crippen LogP contribution is -2.01. The highest BCUT2D eigenvalue weighted by atomic mass is 79.9. The second kappa shape index (κ2) is 4.37. The molecule has 0 saturated heterocycles. The van der Waals surface area contributed by atoms with Gasteiger partial charge in [-0.15, -0.1) is 0 Å². The topological polar surface area (TPSA) is 43.4 Å². The van der Waals surface area contributed by atoms with Gasteiger partial charge in [0.25, 0.3) is 0 Å². The third kappa shape index (κ3) is 2.01. The highest BCUT2D eigenvalue weighted by molar-refractivity contribution is 9.10. The first-order valence-corrected chi connectivity index (χ1v) is 4.73. The van der Waals surface area contributed by atoms with E-state index in [4.69, 9.17) is 4.74 Å². The number of carbonyl (C=O) groups is 2. The molecule has 0 N–H and O–H groups in total. The number of ether oxygens (including phenoxy) is 1. The fourth-order valence-electron chi connectivity index (χ4n) is 1.19. The number of rotatable bonds is 3. The lowest BCUT2D eigenvalue weighted by molar-refractivity contribution is 0.101. The summed E-state index contributed by atoms with van der Waals surface area (Å²) in [4.78, 5) is 21.9. The zero-order valence-electron chi connectivity index (χ0n) is 7.83. The van der Waals surface area contributed by atoms with Gasteiger partial charge in [0.1, 0.15) is 5.75 Å². The Hall–Kier alpha value is -1.16. The highest BCUT2D eigenvalue weighted by Gasteiger charge is 2.13. The van der Waals surface area contributed by atoms with E-state index < -0.39 is 0 Å². The standard InChI is InChI=1S/C10H9BrO3/c1-6(13)9-4-8(11)3-7(5-12)10(9)14-2/h3-5H,1-2H3. The Bertz CT molecular complexity index is 385. The maximum absolute atomic E-state index is 11.2. The molecule has 0 amide bonds. The minimum atomic E-state index is -0.133. The number of methoxy groups -OCH3 is 1. The van der Waals surface area contributed by atoms with Gasteiger partial charge in [0.2, 0.25) is 0 Å². The monoisotopic (exact) mass is 256 g/mol. The van der Waals surface area contributed by atoms with Gasteiger partial charge in [0.15, 0.2) is 12.1 Å². The molecule has 14 heavy (non-hydrogen) atoms. The molecule has 1 aromatic carbocycles. The van der Waals surface area contributed by atoms with Crippen LogP contribution < -0.4 is 4.74 Å². The van der Waals surface area contributed by atoms with E-state index in [9.17, 15) is 9.59 Å². The smallest absolute Gasteiger partial charge is 0.163 e. The molecular weight excluding hydrogens is 248 g/mol. The average molecular weight is 257 g/mol. The van der Waals surface area contributed by atoms with Gasteiger partial charge in [0.05, 0.1) is 18.2 Å². The molecule has 0 fully saturated rings. The van der Waals surface area contributed by atoms with Crippen molar-refractivity contribution in [1.29, 1.82) is 0 Å². The minimum absolute atomic E-state index is 0.133. The van der Waals surface area contributed by atoms with Crippen molar-refractivity contribution in [3.8, 4) is 5.75 Å². The van der Waals surface area contributed by atoms with Gasteiger partial charge in [-0.05, 0) is 19.1 Å². The van der Waals surface area contributed by atoms with Crippen molar-refractivity contribution in [1.82, 2.24) is 0 Å². The molecule has 0 unspecified atom stereocenters. The summed E-state index contributed by atoms with van der Waals surface area (Å²) in [5.41, 5.74) is 0.774. The fourth-order valence-corrected chi connectivity index (χ4v) is 1.67. The number of benzene rings is 1. The predicted octanol–water partition coefficient (Wildman–Crippen LogP) is 2.47. The molecule has 4 heteroatoms. The van der Waals surface area contributed by atoms with Gasteiger partial charge in [-0.3, -0.25) is 9.59 Å². The number of aldehydes is 1. The average Bonchev–Trinajstić information content (AvgIpc) is 2.16. The first kappa shape index (κ1) is 10.9. The van der Waals surface area contributed by atoms with E-state index >= 15 is 0 Å². The van der Waals surface area contributed by atoms with E-state index in [1.54, 1.807) is 12.1 Å². The molecule has 0 radical (unpaired) electrons. The summed E-state index contributed by atoms with van der Waals surface area (Å²) in [5.74, 6) is 0.196. The van der Waals surface area contributed by atoms with E-state index in [0.29, 0.717) is 27.6 Å². The number of Topliss-reactive ketones (excluding diaryl/α,β-unsaturated/α-hetero) is 1. The molecule has 0 bridgehead atoms. The van der Waals surface area contributed by atoms with Crippen LogP contribution in [0, 0.1) is 0 Å². The number of hydrogen-bond donors (Lipinski definition) is 0. The Morgan fingerprint density at radius 3 is 2.57 bits per heavy atom. The second-order valence-corrected chi connectivity index (χ2v) is 3.67. The van der Waals surface area contributed by atoms with Crippen LogP contribution in [0.15, 0.2) is 16.6 Å². The van der Waals surface area contributed by atoms with Gasteiger partial charge in [0, 0.05) is 4.47 Å². The molecule has 0 aliphatic heterocycles. The number of carbonyl (C=O) groups excluding carboxylic acids is 2. The van der Waals surface area contributed by atoms with Crippen LogP contribution in [0.25, 0.3) is 0 Å². The third-order valence-electron chi connectivity index (χ3n) is 1.79. The molecule has 0 spiro atoms. The van der Waals surface area contributed by atoms with Crippen molar-refractivity contribution in [2.45, 2.75) is 6.92 Å². The summed E-state index contributed by atoms with van der Waals surface area (Å²) in [6, 6.07) is 3.24. The Morgan fingerprint density at radius 2 is 2.14 bits per heavy atom. The van der Waals surface area contributed by atoms with Crippen molar-refractivity contribution in [3.63, 3.8) is 0 Å². The quantitative estimate of drug-likeness (QED) is 0.617. The number of ketones is 1. The summed E-state index contributed by atoms with van der Waals surface area (Å²) >= 11 is 3.22. The molecule has 1 rings (SSSR count). The van der Waals surface area contributed by atoms with Gasteiger partial charge in [-0.25, -0.2) is 0 Å². The van der Waals surface area contributed by atoms with Gasteiger partial charge in [-0.2, -0.15) is 0 Å². The maximum Gasteiger partial charge on any atom is 0.163 e. The SMILES string of the molecule is COc1c(C=O)cc(Br)cc1C(C)=O. The molecule has 0 heterocycles. The molecule has 0 aliphatic carbocycles. The molecule has 0 atom stereocenters. The van der Waals surface area contributed by atoms with Crippen LogP contribution in [-0.4, -0.2) is 19.2 Å². The number of hydrogen-bond acceptors (Lipinski definition) is 3. The lowest BCUT2D eigenvalue weighted by Gasteiger charge is -2.08. The van der Waals surface area contributed by atoms with E-state index in [2.05, 4.69) is 15.9 Å². The lowest BCUT2D eigenvalue weighted by atomic mass is 10.1. The fraction of sp³-hybridized carbons (Fsp3) is 0.200. The van der Waals surface area contributed by atoms with E-state index in [0.717, 1.165) is 0 Å². The summed E-state index contributed by atoms with van der Waals surface area (Å²) in [6.45, 7) is 1.43. The zero-order valence-corrected chi connectivity index (χ0v) is 9.42. The Balaban J connectivity index is 3.46. The molecule has 74 valence electrons. The molecule has 0 saturated carbocycles. The molecule has 1 aromatic rings. The summed E-state index contributed by atoms with van der Waals surface area (Å²) in [6.07, 6.45) is 0.663. The predicted molar refractivity (Wildman–Crippen MR) is 56.1 cm³/mol. The number of halogens is 1. The Kier molecular flexibility index (Phi) is 3.41. The van der Waals surface area contributed by atoms with Crippen molar-refractivity contribution in [2.24, 2.45) is 0 Å². The van der Waals surface area contributed by atoms with Crippen LogP contribution in [0.4, 0.5) is 0 Å².